The maximum absolute atomic E-state index is 11.7. The minimum absolute atomic E-state index is 0.0119. The third kappa shape index (κ3) is 3.48. The molecule has 0 fully saturated rings. The lowest BCUT2D eigenvalue weighted by Crippen LogP contribution is -2.37. The summed E-state index contributed by atoms with van der Waals surface area (Å²) in [5.74, 6) is -1.18. The molecule has 3 N–H and O–H groups in total. The summed E-state index contributed by atoms with van der Waals surface area (Å²) in [5, 5.41) is 20.9. The van der Waals surface area contributed by atoms with E-state index >= 15 is 0 Å². The van der Waals surface area contributed by atoms with E-state index in [9.17, 15) is 9.59 Å². The number of anilines is 1. The predicted octanol–water partition coefficient (Wildman–Crippen LogP) is 0.819. The van der Waals surface area contributed by atoms with E-state index in [0.29, 0.717) is 5.56 Å². The molecule has 20 heavy (non-hydrogen) atoms. The Morgan fingerprint density at radius 1 is 1.15 bits per heavy atom. The van der Waals surface area contributed by atoms with Crippen molar-refractivity contribution in [2.75, 3.05) is 5.32 Å². The van der Waals surface area contributed by atoms with Crippen molar-refractivity contribution in [1.29, 1.82) is 0 Å². The molecule has 8 heteroatoms. The molecule has 0 aliphatic heterocycles. The van der Waals surface area contributed by atoms with Gasteiger partial charge in [-0.25, -0.2) is 14.6 Å². The van der Waals surface area contributed by atoms with Crippen molar-refractivity contribution in [2.24, 2.45) is 0 Å². The van der Waals surface area contributed by atoms with E-state index < -0.39 is 18.0 Å². The number of carboxylic acids is 1. The van der Waals surface area contributed by atoms with E-state index in [1.807, 2.05) is 0 Å². The van der Waals surface area contributed by atoms with Crippen LogP contribution in [0.2, 0.25) is 0 Å². The number of hydrogen-bond acceptors (Lipinski definition) is 5. The highest BCUT2D eigenvalue weighted by molar-refractivity contribution is 5.91. The maximum Gasteiger partial charge on any atom is 0.330 e. The van der Waals surface area contributed by atoms with Gasteiger partial charge >= 0.3 is 12.0 Å². The van der Waals surface area contributed by atoms with Gasteiger partial charge in [0.15, 0.2) is 6.04 Å². The lowest BCUT2D eigenvalue weighted by Gasteiger charge is -2.14. The molecule has 1 aromatic heterocycles. The molecule has 1 unspecified atom stereocenters. The minimum atomic E-state index is -1.17. The number of aliphatic carboxylic acids is 1. The van der Waals surface area contributed by atoms with Gasteiger partial charge in [0, 0.05) is 0 Å². The Hall–Kier alpha value is -3.03. The van der Waals surface area contributed by atoms with Crippen molar-refractivity contribution in [2.45, 2.75) is 6.04 Å². The summed E-state index contributed by atoms with van der Waals surface area (Å²) < 4.78 is 0. The quantitative estimate of drug-likeness (QED) is 0.759. The number of nitrogens with zero attached hydrogens (tertiary/aromatic N) is 3. The topological polar surface area (TPSA) is 117 Å². The first-order chi connectivity index (χ1) is 9.66. The lowest BCUT2D eigenvalue weighted by molar-refractivity contribution is -0.139. The van der Waals surface area contributed by atoms with E-state index in [2.05, 4.69) is 25.8 Å². The standard InChI is InChI=1S/C12H11N5O3/c18-10(19)9(8-4-2-1-3-5-8)15-12(20)16-11-13-6-7-14-17-11/h1-7,9H,(H,18,19)(H2,13,15,16,17,20). The summed E-state index contributed by atoms with van der Waals surface area (Å²) >= 11 is 0. The van der Waals surface area contributed by atoms with Gasteiger partial charge in [-0.3, -0.25) is 5.32 Å². The normalized spacial score (nSPS) is 11.4. The first-order valence-corrected chi connectivity index (χ1v) is 5.66. The number of carboxylic acid groups (broad SMARTS) is 1. The molecule has 1 aromatic carbocycles. The average molecular weight is 273 g/mol. The third-order valence-corrected chi connectivity index (χ3v) is 2.36. The number of carbonyl (C=O) groups is 2. The number of carbonyl (C=O) groups excluding carboxylic acids is 1. The zero-order valence-electron chi connectivity index (χ0n) is 10.2. The van der Waals surface area contributed by atoms with Crippen LogP contribution in [-0.2, 0) is 4.79 Å². The van der Waals surface area contributed by atoms with Gasteiger partial charge in [-0.2, -0.15) is 5.10 Å². The summed E-state index contributed by atoms with van der Waals surface area (Å²) in [6, 6.07) is 6.47. The van der Waals surface area contributed by atoms with E-state index in [-0.39, 0.29) is 5.95 Å². The maximum atomic E-state index is 11.7. The Labute approximate surface area is 113 Å². The molecule has 1 heterocycles. The van der Waals surface area contributed by atoms with Crippen LogP contribution in [0.3, 0.4) is 0 Å². The van der Waals surface area contributed by atoms with E-state index in [0.717, 1.165) is 0 Å². The Kier molecular flexibility index (Phi) is 4.17. The highest BCUT2D eigenvalue weighted by atomic mass is 16.4. The molecular formula is C12H11N5O3. The van der Waals surface area contributed by atoms with Crippen LogP contribution >= 0.6 is 0 Å². The van der Waals surface area contributed by atoms with Crippen molar-refractivity contribution < 1.29 is 14.7 Å². The summed E-state index contributed by atoms with van der Waals surface area (Å²) in [4.78, 5) is 26.7. The van der Waals surface area contributed by atoms with Crippen LogP contribution in [-0.4, -0.2) is 32.3 Å². The van der Waals surface area contributed by atoms with Crippen LogP contribution in [0.5, 0.6) is 0 Å². The molecule has 0 aliphatic rings. The third-order valence-electron chi connectivity index (χ3n) is 2.36. The first-order valence-electron chi connectivity index (χ1n) is 5.66. The highest BCUT2D eigenvalue weighted by Crippen LogP contribution is 2.12. The number of nitrogens with one attached hydrogen (secondary N) is 2. The zero-order chi connectivity index (χ0) is 14.4. The molecule has 2 aromatic rings. The van der Waals surface area contributed by atoms with Crippen LogP contribution in [0.1, 0.15) is 11.6 Å². The smallest absolute Gasteiger partial charge is 0.330 e. The Bertz CT molecular complexity index is 591. The van der Waals surface area contributed by atoms with Crippen LogP contribution in [0, 0.1) is 0 Å². The molecule has 8 nitrogen and oxygen atoms in total. The van der Waals surface area contributed by atoms with Gasteiger partial charge in [0.1, 0.15) is 0 Å². The number of hydrogen-bond donors (Lipinski definition) is 3. The van der Waals surface area contributed by atoms with E-state index in [4.69, 9.17) is 5.11 Å². The van der Waals surface area contributed by atoms with Gasteiger partial charge in [0.2, 0.25) is 0 Å². The second-order valence-electron chi connectivity index (χ2n) is 3.75. The van der Waals surface area contributed by atoms with Crippen LogP contribution in [0.25, 0.3) is 0 Å². The van der Waals surface area contributed by atoms with Gasteiger partial charge in [-0.1, -0.05) is 30.3 Å². The molecule has 0 aliphatic carbocycles. The highest BCUT2D eigenvalue weighted by Gasteiger charge is 2.22. The van der Waals surface area contributed by atoms with E-state index in [1.54, 1.807) is 30.3 Å². The van der Waals surface area contributed by atoms with E-state index in [1.165, 1.54) is 12.4 Å². The lowest BCUT2D eigenvalue weighted by atomic mass is 10.1. The molecule has 0 spiro atoms. The Balaban J connectivity index is 2.06. The van der Waals surface area contributed by atoms with Crippen molar-refractivity contribution in [3.63, 3.8) is 0 Å². The Morgan fingerprint density at radius 3 is 2.50 bits per heavy atom. The fraction of sp³-hybridized carbons (Fsp3) is 0.0833. The SMILES string of the molecule is O=C(Nc1nccnn1)NC(C(=O)O)c1ccccc1. The van der Waals surface area contributed by atoms with Crippen LogP contribution in [0.15, 0.2) is 42.7 Å². The molecule has 2 rings (SSSR count). The molecule has 0 radical (unpaired) electrons. The van der Waals surface area contributed by atoms with Gasteiger partial charge in [0.05, 0.1) is 12.4 Å². The monoisotopic (exact) mass is 273 g/mol. The summed E-state index contributed by atoms with van der Waals surface area (Å²) in [6.07, 6.45) is 2.71. The summed E-state index contributed by atoms with van der Waals surface area (Å²) in [7, 11) is 0. The second kappa shape index (κ2) is 6.23. The minimum Gasteiger partial charge on any atom is -0.479 e. The zero-order valence-corrected chi connectivity index (χ0v) is 10.2. The Morgan fingerprint density at radius 2 is 1.90 bits per heavy atom. The van der Waals surface area contributed by atoms with Crippen LogP contribution < -0.4 is 10.6 Å². The number of benzene rings is 1. The average Bonchev–Trinajstić information content (AvgIpc) is 2.46. The van der Waals surface area contributed by atoms with Gasteiger partial charge < -0.3 is 10.4 Å². The predicted molar refractivity (Wildman–Crippen MR) is 68.8 cm³/mol. The first kappa shape index (κ1) is 13.4. The molecule has 0 saturated heterocycles. The number of rotatable bonds is 4. The number of urea groups is 1. The number of amides is 2. The molecule has 1 atom stereocenters. The van der Waals surface area contributed by atoms with Crippen molar-refractivity contribution in [3.05, 3.63) is 48.3 Å². The molecule has 102 valence electrons. The largest absolute Gasteiger partial charge is 0.479 e. The van der Waals surface area contributed by atoms with Crippen molar-refractivity contribution >= 4 is 17.9 Å². The molecule has 0 saturated carbocycles. The van der Waals surface area contributed by atoms with Gasteiger partial charge in [-0.15, -0.1) is 5.10 Å². The fourth-order valence-corrected chi connectivity index (χ4v) is 1.51. The summed E-state index contributed by atoms with van der Waals surface area (Å²) in [5.41, 5.74) is 0.460. The second-order valence-corrected chi connectivity index (χ2v) is 3.75. The summed E-state index contributed by atoms with van der Waals surface area (Å²) in [6.45, 7) is 0. The number of aromatic nitrogens is 3. The molecule has 0 bridgehead atoms. The molecular weight excluding hydrogens is 262 g/mol. The van der Waals surface area contributed by atoms with Crippen molar-refractivity contribution in [1.82, 2.24) is 20.5 Å². The van der Waals surface area contributed by atoms with Gasteiger partial charge in [0.25, 0.3) is 5.95 Å². The van der Waals surface area contributed by atoms with Crippen LogP contribution in [0.4, 0.5) is 10.7 Å². The van der Waals surface area contributed by atoms with Gasteiger partial charge in [-0.05, 0) is 5.56 Å². The van der Waals surface area contributed by atoms with Crippen molar-refractivity contribution in [3.8, 4) is 0 Å². The fourth-order valence-electron chi connectivity index (χ4n) is 1.51. The molecule has 2 amide bonds.